The van der Waals surface area contributed by atoms with Crippen molar-refractivity contribution in [2.45, 2.75) is 52.7 Å². The molecule has 0 amide bonds. The van der Waals surface area contributed by atoms with Gasteiger partial charge in [-0.3, -0.25) is 4.68 Å². The number of hydrogen-bond acceptors (Lipinski definition) is 2. The van der Waals surface area contributed by atoms with Gasteiger partial charge in [-0.05, 0) is 25.8 Å². The van der Waals surface area contributed by atoms with Gasteiger partial charge < -0.3 is 4.74 Å². The molecule has 1 unspecified atom stereocenters. The number of hydrogen-bond donors (Lipinski definition) is 0. The van der Waals surface area contributed by atoms with Crippen LogP contribution in [0, 0.1) is 0 Å². The van der Waals surface area contributed by atoms with E-state index in [1.54, 1.807) is 0 Å². The highest BCUT2D eigenvalue weighted by atomic mass is 16.5. The monoisotopic (exact) mass is 210 g/mol. The highest BCUT2D eigenvalue weighted by Crippen LogP contribution is 2.09. The van der Waals surface area contributed by atoms with E-state index >= 15 is 0 Å². The summed E-state index contributed by atoms with van der Waals surface area (Å²) in [6, 6.07) is 2.52. The molecule has 0 saturated heterocycles. The highest BCUT2D eigenvalue weighted by Gasteiger charge is 2.04. The van der Waals surface area contributed by atoms with Crippen LogP contribution in [0.1, 0.15) is 51.8 Å². The molecule has 3 nitrogen and oxygen atoms in total. The van der Waals surface area contributed by atoms with Gasteiger partial charge >= 0.3 is 0 Å². The van der Waals surface area contributed by atoms with Crippen LogP contribution >= 0.6 is 0 Å². The van der Waals surface area contributed by atoms with Gasteiger partial charge in [-0.2, -0.15) is 5.10 Å². The second-order valence-electron chi connectivity index (χ2n) is 3.95. The Balaban J connectivity index is 2.33. The van der Waals surface area contributed by atoms with Gasteiger partial charge in [0, 0.05) is 18.8 Å². The van der Waals surface area contributed by atoms with E-state index < -0.39 is 0 Å². The summed E-state index contributed by atoms with van der Waals surface area (Å²) in [6.07, 6.45) is 5.46. The predicted octanol–water partition coefficient (Wildman–Crippen LogP) is 3.17. The van der Waals surface area contributed by atoms with Crippen molar-refractivity contribution < 1.29 is 4.74 Å². The van der Waals surface area contributed by atoms with Crippen molar-refractivity contribution in [1.82, 2.24) is 9.78 Å². The van der Waals surface area contributed by atoms with Crippen LogP contribution in [-0.4, -0.2) is 16.4 Å². The Kier molecular flexibility index (Phi) is 5.40. The van der Waals surface area contributed by atoms with Crippen molar-refractivity contribution >= 4 is 0 Å². The van der Waals surface area contributed by atoms with Gasteiger partial charge in [0.15, 0.2) is 0 Å². The van der Waals surface area contributed by atoms with Crippen molar-refractivity contribution in [2.24, 2.45) is 0 Å². The molecular formula is C12H22N2O. The van der Waals surface area contributed by atoms with Gasteiger partial charge in [-0.25, -0.2) is 0 Å². The van der Waals surface area contributed by atoms with E-state index in [0.29, 0.717) is 12.6 Å². The van der Waals surface area contributed by atoms with Crippen LogP contribution in [0.3, 0.4) is 0 Å². The number of rotatable bonds is 7. The van der Waals surface area contributed by atoms with Crippen molar-refractivity contribution in [1.29, 1.82) is 0 Å². The van der Waals surface area contributed by atoms with Gasteiger partial charge in [-0.15, -0.1) is 0 Å². The van der Waals surface area contributed by atoms with Gasteiger partial charge in [0.05, 0.1) is 12.3 Å². The van der Waals surface area contributed by atoms with Crippen LogP contribution in [0.5, 0.6) is 0 Å². The summed E-state index contributed by atoms with van der Waals surface area (Å²) in [4.78, 5) is 0. The molecule has 0 fully saturated rings. The number of aromatic nitrogens is 2. The summed E-state index contributed by atoms with van der Waals surface area (Å²) in [5.74, 6) is 0. The third-order valence-electron chi connectivity index (χ3n) is 2.60. The molecule has 0 spiro atoms. The predicted molar refractivity (Wildman–Crippen MR) is 61.8 cm³/mol. The van der Waals surface area contributed by atoms with Crippen LogP contribution in [0.25, 0.3) is 0 Å². The van der Waals surface area contributed by atoms with Crippen molar-refractivity contribution in [3.63, 3.8) is 0 Å². The molecule has 0 aliphatic heterocycles. The summed E-state index contributed by atoms with van der Waals surface area (Å²) in [5.41, 5.74) is 1.03. The van der Waals surface area contributed by atoms with E-state index in [4.69, 9.17) is 4.74 Å². The first-order chi connectivity index (χ1) is 7.27. The number of nitrogens with zero attached hydrogens (tertiary/aromatic N) is 2. The van der Waals surface area contributed by atoms with Gasteiger partial charge in [0.1, 0.15) is 0 Å². The molecule has 86 valence electrons. The molecule has 1 aromatic rings. The van der Waals surface area contributed by atoms with E-state index in [0.717, 1.165) is 25.1 Å². The summed E-state index contributed by atoms with van der Waals surface area (Å²) >= 11 is 0. The normalized spacial score (nSPS) is 13.0. The second-order valence-corrected chi connectivity index (χ2v) is 3.95. The molecule has 1 atom stereocenters. The molecule has 0 aliphatic carbocycles. The molecule has 0 aromatic carbocycles. The lowest BCUT2D eigenvalue weighted by Crippen LogP contribution is -2.05. The summed E-state index contributed by atoms with van der Waals surface area (Å²) < 4.78 is 7.52. The van der Waals surface area contributed by atoms with Crippen LogP contribution < -0.4 is 0 Å². The van der Waals surface area contributed by atoms with Crippen LogP contribution in [0.4, 0.5) is 0 Å². The van der Waals surface area contributed by atoms with E-state index in [9.17, 15) is 0 Å². The smallest absolute Gasteiger partial charge is 0.0906 e. The zero-order chi connectivity index (χ0) is 11.1. The zero-order valence-corrected chi connectivity index (χ0v) is 10.1. The first kappa shape index (κ1) is 12.2. The molecule has 3 heteroatoms. The lowest BCUT2D eigenvalue weighted by molar-refractivity contribution is 0.115. The molecule has 1 aromatic heterocycles. The van der Waals surface area contributed by atoms with E-state index in [1.165, 1.54) is 6.42 Å². The zero-order valence-electron chi connectivity index (χ0n) is 10.1. The van der Waals surface area contributed by atoms with Crippen molar-refractivity contribution in [3.05, 3.63) is 18.0 Å². The molecular weight excluding hydrogens is 188 g/mol. The molecule has 0 N–H and O–H groups in total. The first-order valence-corrected chi connectivity index (χ1v) is 5.89. The number of unbranched alkanes of at least 4 members (excludes halogenated alkanes) is 1. The van der Waals surface area contributed by atoms with Gasteiger partial charge in [-0.1, -0.05) is 20.3 Å². The molecule has 1 heterocycles. The largest absolute Gasteiger partial charge is 0.375 e. The Morgan fingerprint density at radius 1 is 1.47 bits per heavy atom. The molecule has 15 heavy (non-hydrogen) atoms. The topological polar surface area (TPSA) is 27.1 Å². The maximum absolute atomic E-state index is 5.51. The van der Waals surface area contributed by atoms with Crippen LogP contribution in [0.2, 0.25) is 0 Å². The number of ether oxygens (including phenoxy) is 1. The summed E-state index contributed by atoms with van der Waals surface area (Å²) in [5, 5.41) is 4.47. The Hall–Kier alpha value is -0.830. The molecule has 0 radical (unpaired) electrons. The fourth-order valence-corrected chi connectivity index (χ4v) is 1.31. The fraction of sp³-hybridized carbons (Fsp3) is 0.750. The van der Waals surface area contributed by atoms with E-state index in [1.807, 2.05) is 16.9 Å². The lowest BCUT2D eigenvalue weighted by atomic mass is 10.3. The minimum Gasteiger partial charge on any atom is -0.375 e. The Labute approximate surface area is 92.4 Å². The highest BCUT2D eigenvalue weighted by molar-refractivity contribution is 4.97. The van der Waals surface area contributed by atoms with Gasteiger partial charge in [0.25, 0.3) is 0 Å². The summed E-state index contributed by atoms with van der Waals surface area (Å²) in [6.45, 7) is 8.00. The minimum atomic E-state index is 0.481. The van der Waals surface area contributed by atoms with Crippen LogP contribution in [-0.2, 0) is 11.3 Å². The SMILES string of the molecule is CCCCOCc1ccn(C(C)CC)n1. The Bertz CT molecular complexity index is 270. The minimum absolute atomic E-state index is 0.481. The molecule has 0 saturated carbocycles. The third-order valence-corrected chi connectivity index (χ3v) is 2.60. The maximum atomic E-state index is 5.51. The van der Waals surface area contributed by atoms with E-state index in [2.05, 4.69) is 25.9 Å². The quantitative estimate of drug-likeness (QED) is 0.646. The fourth-order valence-electron chi connectivity index (χ4n) is 1.31. The van der Waals surface area contributed by atoms with Crippen molar-refractivity contribution in [3.8, 4) is 0 Å². The molecule has 1 rings (SSSR count). The molecule has 0 aliphatic rings. The average Bonchev–Trinajstić information content (AvgIpc) is 2.72. The standard InChI is InChI=1S/C12H22N2O/c1-4-6-9-15-10-12-7-8-14(13-12)11(3)5-2/h7-8,11H,4-6,9-10H2,1-3H3. The third kappa shape index (κ3) is 4.04. The maximum Gasteiger partial charge on any atom is 0.0906 e. The lowest BCUT2D eigenvalue weighted by Gasteiger charge is -2.08. The van der Waals surface area contributed by atoms with Gasteiger partial charge in [0.2, 0.25) is 0 Å². The molecule has 0 bridgehead atoms. The Morgan fingerprint density at radius 3 is 2.93 bits per heavy atom. The van der Waals surface area contributed by atoms with Crippen molar-refractivity contribution in [2.75, 3.05) is 6.61 Å². The average molecular weight is 210 g/mol. The van der Waals surface area contributed by atoms with E-state index in [-0.39, 0.29) is 0 Å². The Morgan fingerprint density at radius 2 is 2.27 bits per heavy atom. The first-order valence-electron chi connectivity index (χ1n) is 5.89. The summed E-state index contributed by atoms with van der Waals surface area (Å²) in [7, 11) is 0. The van der Waals surface area contributed by atoms with Crippen LogP contribution in [0.15, 0.2) is 12.3 Å². The second kappa shape index (κ2) is 6.62.